The molecule has 0 aliphatic rings. The van der Waals surface area contributed by atoms with Gasteiger partial charge >= 0.3 is 5.97 Å². The Morgan fingerprint density at radius 1 is 1.26 bits per heavy atom. The van der Waals surface area contributed by atoms with E-state index >= 15 is 0 Å². The van der Waals surface area contributed by atoms with Crippen LogP contribution >= 0.6 is 0 Å². The van der Waals surface area contributed by atoms with Crippen molar-refractivity contribution in [2.24, 2.45) is 0 Å². The third kappa shape index (κ3) is 3.53. The smallest absolute Gasteiger partial charge is 0.371 e. The summed E-state index contributed by atoms with van der Waals surface area (Å²) in [6, 6.07) is 8.61. The van der Waals surface area contributed by atoms with Crippen LogP contribution in [-0.4, -0.2) is 28.7 Å². The third-order valence-electron chi connectivity index (χ3n) is 4.50. The van der Waals surface area contributed by atoms with Crippen LogP contribution < -0.4 is 10.1 Å². The number of methoxy groups -OCH3 is 1. The molecule has 7 nitrogen and oxygen atoms in total. The highest BCUT2D eigenvalue weighted by Gasteiger charge is 2.20. The van der Waals surface area contributed by atoms with Crippen molar-refractivity contribution in [1.29, 1.82) is 0 Å². The van der Waals surface area contributed by atoms with E-state index in [4.69, 9.17) is 14.3 Å². The van der Waals surface area contributed by atoms with Gasteiger partial charge in [-0.1, -0.05) is 6.92 Å². The van der Waals surface area contributed by atoms with Gasteiger partial charge in [-0.2, -0.15) is 0 Å². The highest BCUT2D eigenvalue weighted by Crippen LogP contribution is 2.29. The average Bonchev–Trinajstić information content (AvgIpc) is 3.23. The molecular weight excluding hydrogens is 348 g/mol. The number of carbonyl (C=O) groups is 2. The Hall–Kier alpha value is -3.22. The zero-order valence-electron chi connectivity index (χ0n) is 15.5. The predicted molar refractivity (Wildman–Crippen MR) is 100 cm³/mol. The molecule has 0 aliphatic carbocycles. The summed E-state index contributed by atoms with van der Waals surface area (Å²) in [4.78, 5) is 23.8. The highest BCUT2D eigenvalue weighted by atomic mass is 16.5. The molecule has 27 heavy (non-hydrogen) atoms. The number of hydrogen-bond acceptors (Lipinski definition) is 4. The number of furan rings is 1. The van der Waals surface area contributed by atoms with Crippen LogP contribution in [0, 0.1) is 6.92 Å². The zero-order chi connectivity index (χ0) is 19.6. The van der Waals surface area contributed by atoms with Crippen molar-refractivity contribution in [3.05, 3.63) is 53.1 Å². The van der Waals surface area contributed by atoms with Gasteiger partial charge in [-0.25, -0.2) is 4.79 Å². The number of carbonyl (C=O) groups excluding carboxylic acids is 1. The fourth-order valence-electron chi connectivity index (χ4n) is 3.23. The molecule has 2 aromatic heterocycles. The number of fused-ring (bicyclic) bond motifs is 1. The molecule has 142 valence electrons. The van der Waals surface area contributed by atoms with Crippen LogP contribution in [0.4, 0.5) is 0 Å². The number of ether oxygens (including phenoxy) is 1. The van der Waals surface area contributed by atoms with Gasteiger partial charge in [0.25, 0.3) is 5.91 Å². The van der Waals surface area contributed by atoms with Crippen LogP contribution in [-0.2, 0) is 13.1 Å². The SMILES string of the molecule is CCCn1c(C)c(C(=O)NCc2ccc(C(=O)O)o2)c2cc(OC)ccc21. The monoisotopic (exact) mass is 370 g/mol. The van der Waals surface area contributed by atoms with Gasteiger partial charge in [0.2, 0.25) is 5.76 Å². The zero-order valence-corrected chi connectivity index (χ0v) is 15.5. The van der Waals surface area contributed by atoms with Crippen LogP contribution in [0.5, 0.6) is 5.75 Å². The Labute approximate surface area is 156 Å². The number of nitrogens with zero attached hydrogens (tertiary/aromatic N) is 1. The minimum absolute atomic E-state index is 0.107. The first-order valence-electron chi connectivity index (χ1n) is 8.73. The summed E-state index contributed by atoms with van der Waals surface area (Å²) >= 11 is 0. The van der Waals surface area contributed by atoms with E-state index in [9.17, 15) is 9.59 Å². The first-order valence-corrected chi connectivity index (χ1v) is 8.73. The molecule has 0 saturated carbocycles. The van der Waals surface area contributed by atoms with E-state index in [0.717, 1.165) is 29.6 Å². The van der Waals surface area contributed by atoms with Crippen LogP contribution in [0.2, 0.25) is 0 Å². The van der Waals surface area contributed by atoms with E-state index < -0.39 is 5.97 Å². The topological polar surface area (TPSA) is 93.7 Å². The molecule has 0 fully saturated rings. The second-order valence-electron chi connectivity index (χ2n) is 6.25. The fourth-order valence-corrected chi connectivity index (χ4v) is 3.23. The van der Waals surface area contributed by atoms with E-state index in [1.54, 1.807) is 13.2 Å². The third-order valence-corrected chi connectivity index (χ3v) is 4.50. The summed E-state index contributed by atoms with van der Waals surface area (Å²) in [6.07, 6.45) is 0.946. The minimum Gasteiger partial charge on any atom is -0.497 e. The Bertz CT molecular complexity index is 999. The van der Waals surface area contributed by atoms with E-state index in [-0.39, 0.29) is 18.2 Å². The Morgan fingerprint density at radius 3 is 2.67 bits per heavy atom. The molecule has 0 spiro atoms. The summed E-state index contributed by atoms with van der Waals surface area (Å²) in [5, 5.41) is 12.6. The van der Waals surface area contributed by atoms with Crippen LogP contribution in [0.15, 0.2) is 34.7 Å². The lowest BCUT2D eigenvalue weighted by atomic mass is 10.1. The molecule has 1 amide bonds. The van der Waals surface area contributed by atoms with Gasteiger partial charge in [-0.3, -0.25) is 4.79 Å². The lowest BCUT2D eigenvalue weighted by Gasteiger charge is -2.07. The molecule has 3 aromatic rings. The summed E-state index contributed by atoms with van der Waals surface area (Å²) in [5.74, 6) is -0.470. The fraction of sp³-hybridized carbons (Fsp3) is 0.300. The van der Waals surface area contributed by atoms with Crippen molar-refractivity contribution in [1.82, 2.24) is 9.88 Å². The molecule has 0 saturated heterocycles. The minimum atomic E-state index is -1.14. The van der Waals surface area contributed by atoms with Gasteiger partial charge in [0.1, 0.15) is 11.5 Å². The molecule has 7 heteroatoms. The molecule has 0 aliphatic heterocycles. The second-order valence-corrected chi connectivity index (χ2v) is 6.25. The normalized spacial score (nSPS) is 10.9. The number of aryl methyl sites for hydroxylation is 1. The number of benzene rings is 1. The number of hydrogen-bond donors (Lipinski definition) is 2. The summed E-state index contributed by atoms with van der Waals surface area (Å²) in [5.41, 5.74) is 2.44. The van der Waals surface area contributed by atoms with Gasteiger partial charge in [0, 0.05) is 23.1 Å². The maximum absolute atomic E-state index is 12.9. The van der Waals surface area contributed by atoms with Crippen molar-refractivity contribution in [2.75, 3.05) is 7.11 Å². The van der Waals surface area contributed by atoms with Gasteiger partial charge in [-0.15, -0.1) is 0 Å². The molecule has 2 N–H and O–H groups in total. The Kier molecular flexibility index (Phi) is 5.21. The largest absolute Gasteiger partial charge is 0.497 e. The van der Waals surface area contributed by atoms with Crippen molar-refractivity contribution >= 4 is 22.8 Å². The molecule has 0 radical (unpaired) electrons. The van der Waals surface area contributed by atoms with Crippen LogP contribution in [0.1, 0.15) is 45.7 Å². The standard InChI is InChI=1S/C20H22N2O5/c1-4-9-22-12(2)18(15-10-13(26-3)5-7-16(15)22)19(23)21-11-14-6-8-17(27-14)20(24)25/h5-8,10H,4,9,11H2,1-3H3,(H,21,23)(H,24,25). The summed E-state index contributed by atoms with van der Waals surface area (Å²) in [6.45, 7) is 4.93. The number of aromatic carboxylic acids is 1. The van der Waals surface area contributed by atoms with E-state index in [1.807, 2.05) is 25.1 Å². The van der Waals surface area contributed by atoms with E-state index in [2.05, 4.69) is 16.8 Å². The molecule has 0 bridgehead atoms. The summed E-state index contributed by atoms with van der Waals surface area (Å²) < 4.78 is 12.6. The van der Waals surface area contributed by atoms with E-state index in [1.165, 1.54) is 6.07 Å². The average molecular weight is 370 g/mol. The van der Waals surface area contributed by atoms with Gasteiger partial charge in [0.05, 0.1) is 19.2 Å². The quantitative estimate of drug-likeness (QED) is 0.663. The second kappa shape index (κ2) is 7.57. The first kappa shape index (κ1) is 18.6. The number of carboxylic acid groups (broad SMARTS) is 1. The lowest BCUT2D eigenvalue weighted by molar-refractivity contribution is 0.0660. The van der Waals surface area contributed by atoms with Crippen molar-refractivity contribution in [3.8, 4) is 5.75 Å². The van der Waals surface area contributed by atoms with Crippen LogP contribution in [0.25, 0.3) is 10.9 Å². The van der Waals surface area contributed by atoms with Crippen molar-refractivity contribution < 1.29 is 23.8 Å². The molecular formula is C20H22N2O5. The molecule has 1 aromatic carbocycles. The number of rotatable bonds is 7. The first-order chi connectivity index (χ1) is 13.0. The van der Waals surface area contributed by atoms with Crippen molar-refractivity contribution in [3.63, 3.8) is 0 Å². The van der Waals surface area contributed by atoms with Gasteiger partial charge in [-0.05, 0) is 43.7 Å². The molecule has 2 heterocycles. The highest BCUT2D eigenvalue weighted by molar-refractivity contribution is 6.08. The number of carboxylic acids is 1. The maximum atomic E-state index is 12.9. The lowest BCUT2D eigenvalue weighted by Crippen LogP contribution is -2.23. The van der Waals surface area contributed by atoms with Crippen LogP contribution in [0.3, 0.4) is 0 Å². The molecule has 0 atom stereocenters. The number of nitrogens with one attached hydrogen (secondary N) is 1. The number of amides is 1. The molecule has 0 unspecified atom stereocenters. The summed E-state index contributed by atoms with van der Waals surface area (Å²) in [7, 11) is 1.59. The van der Waals surface area contributed by atoms with E-state index in [0.29, 0.717) is 17.1 Å². The number of aromatic nitrogens is 1. The van der Waals surface area contributed by atoms with Crippen molar-refractivity contribution in [2.45, 2.75) is 33.4 Å². The van der Waals surface area contributed by atoms with Gasteiger partial charge < -0.3 is 24.1 Å². The van der Waals surface area contributed by atoms with Gasteiger partial charge in [0.15, 0.2) is 0 Å². The Balaban J connectivity index is 1.92. The molecule has 3 rings (SSSR count). The maximum Gasteiger partial charge on any atom is 0.371 e. The predicted octanol–water partition coefficient (Wildman–Crippen LogP) is 3.59. The Morgan fingerprint density at radius 2 is 2.04 bits per heavy atom.